The summed E-state index contributed by atoms with van der Waals surface area (Å²) in [7, 11) is 3.95. The summed E-state index contributed by atoms with van der Waals surface area (Å²) < 4.78 is 0. The summed E-state index contributed by atoms with van der Waals surface area (Å²) in [5, 5.41) is 6.85. The lowest BCUT2D eigenvalue weighted by atomic mass is 10.2. The van der Waals surface area contributed by atoms with Crippen LogP contribution in [0.3, 0.4) is 0 Å². The molecule has 3 atom stereocenters. The molecule has 0 aromatic heterocycles. The van der Waals surface area contributed by atoms with Crippen molar-refractivity contribution in [2.24, 2.45) is 10.9 Å². The Bertz CT molecular complexity index is 443. The van der Waals surface area contributed by atoms with Gasteiger partial charge in [-0.15, -0.1) is 0 Å². The van der Waals surface area contributed by atoms with Gasteiger partial charge in [0.25, 0.3) is 0 Å². The highest BCUT2D eigenvalue weighted by atomic mass is 15.2. The predicted octanol–water partition coefficient (Wildman–Crippen LogP) is 2.08. The molecule has 1 aromatic carbocycles. The van der Waals surface area contributed by atoms with E-state index in [1.807, 2.05) is 13.1 Å². The van der Waals surface area contributed by atoms with Crippen molar-refractivity contribution in [2.75, 3.05) is 25.5 Å². The Morgan fingerprint density at radius 1 is 1.40 bits per heavy atom. The first-order valence-corrected chi connectivity index (χ1v) is 7.37. The Hall–Kier alpha value is -1.71. The second kappa shape index (κ2) is 6.64. The summed E-state index contributed by atoms with van der Waals surface area (Å²) in [4.78, 5) is 6.56. The van der Waals surface area contributed by atoms with E-state index < -0.39 is 0 Å². The van der Waals surface area contributed by atoms with E-state index in [9.17, 15) is 0 Å². The molecule has 20 heavy (non-hydrogen) atoms. The maximum atomic E-state index is 4.28. The Kier molecular flexibility index (Phi) is 4.88. The second-order valence-corrected chi connectivity index (χ2v) is 5.71. The molecule has 0 bridgehead atoms. The number of nitrogens with zero attached hydrogens (tertiary/aromatic N) is 2. The van der Waals surface area contributed by atoms with Crippen LogP contribution in [0.1, 0.15) is 20.3 Å². The van der Waals surface area contributed by atoms with E-state index in [0.717, 1.165) is 18.4 Å². The molecule has 4 heteroatoms. The molecule has 4 nitrogen and oxygen atoms in total. The van der Waals surface area contributed by atoms with Crippen molar-refractivity contribution in [1.29, 1.82) is 0 Å². The molecule has 1 aliphatic rings. The topological polar surface area (TPSA) is 39.7 Å². The van der Waals surface area contributed by atoms with Gasteiger partial charge < -0.3 is 15.5 Å². The van der Waals surface area contributed by atoms with E-state index in [4.69, 9.17) is 0 Å². The van der Waals surface area contributed by atoms with Gasteiger partial charge in [-0.25, -0.2) is 0 Å². The van der Waals surface area contributed by atoms with Gasteiger partial charge in [0.1, 0.15) is 0 Å². The van der Waals surface area contributed by atoms with Crippen LogP contribution < -0.4 is 15.5 Å². The number of likely N-dealkylation sites (N-methyl/N-ethyl adjacent to an activating group) is 1. The lowest BCUT2D eigenvalue weighted by Gasteiger charge is -2.27. The molecule has 2 rings (SSSR count). The fourth-order valence-corrected chi connectivity index (χ4v) is 2.19. The number of hydrogen-bond acceptors (Lipinski definition) is 2. The SMILES string of the molecule is CN=C(NCC(C)N(C)c1ccccc1)NC1CC1C. The highest BCUT2D eigenvalue weighted by molar-refractivity contribution is 5.80. The number of benzene rings is 1. The first kappa shape index (κ1) is 14.7. The van der Waals surface area contributed by atoms with Gasteiger partial charge >= 0.3 is 0 Å². The maximum Gasteiger partial charge on any atom is 0.191 e. The smallest absolute Gasteiger partial charge is 0.191 e. The molecule has 0 heterocycles. The summed E-state index contributed by atoms with van der Waals surface area (Å²) in [5.74, 6) is 1.69. The van der Waals surface area contributed by atoms with E-state index in [2.05, 4.69) is 65.7 Å². The number of nitrogens with one attached hydrogen (secondary N) is 2. The fourth-order valence-electron chi connectivity index (χ4n) is 2.19. The third-order valence-electron chi connectivity index (χ3n) is 4.04. The number of anilines is 1. The Balaban J connectivity index is 1.80. The van der Waals surface area contributed by atoms with Crippen LogP contribution in [-0.2, 0) is 0 Å². The lowest BCUT2D eigenvalue weighted by molar-refractivity contribution is 0.645. The normalized spacial score (nSPS) is 23.1. The van der Waals surface area contributed by atoms with E-state index in [-0.39, 0.29) is 0 Å². The van der Waals surface area contributed by atoms with Crippen LogP contribution in [0.2, 0.25) is 0 Å². The average molecular weight is 274 g/mol. The Morgan fingerprint density at radius 3 is 2.60 bits per heavy atom. The van der Waals surface area contributed by atoms with Crippen LogP contribution >= 0.6 is 0 Å². The van der Waals surface area contributed by atoms with E-state index in [0.29, 0.717) is 12.1 Å². The van der Waals surface area contributed by atoms with Gasteiger partial charge in [0, 0.05) is 38.4 Å². The molecule has 3 unspecified atom stereocenters. The first-order valence-electron chi connectivity index (χ1n) is 7.37. The van der Waals surface area contributed by atoms with E-state index >= 15 is 0 Å². The molecule has 110 valence electrons. The van der Waals surface area contributed by atoms with Gasteiger partial charge in [0.15, 0.2) is 5.96 Å². The largest absolute Gasteiger partial charge is 0.370 e. The zero-order valence-corrected chi connectivity index (χ0v) is 12.9. The summed E-state index contributed by atoms with van der Waals surface area (Å²) in [6.07, 6.45) is 1.25. The van der Waals surface area contributed by atoms with Crippen molar-refractivity contribution in [1.82, 2.24) is 10.6 Å². The van der Waals surface area contributed by atoms with Gasteiger partial charge in [-0.3, -0.25) is 4.99 Å². The molecule has 0 spiro atoms. The standard InChI is InChI=1S/C16H26N4/c1-12-10-15(12)19-16(17-3)18-11-13(2)20(4)14-8-6-5-7-9-14/h5-9,12-13,15H,10-11H2,1-4H3,(H2,17,18,19). The minimum absolute atomic E-state index is 0.396. The number of hydrogen-bond donors (Lipinski definition) is 2. The van der Waals surface area contributed by atoms with Crippen LogP contribution in [-0.4, -0.2) is 38.7 Å². The number of guanidine groups is 1. The van der Waals surface area contributed by atoms with Crippen LogP contribution in [0, 0.1) is 5.92 Å². The van der Waals surface area contributed by atoms with E-state index in [1.165, 1.54) is 12.1 Å². The van der Waals surface area contributed by atoms with Crippen molar-refractivity contribution >= 4 is 11.6 Å². The van der Waals surface area contributed by atoms with E-state index in [1.54, 1.807) is 0 Å². The number of rotatable bonds is 5. The van der Waals surface area contributed by atoms with Crippen molar-refractivity contribution in [2.45, 2.75) is 32.4 Å². The summed E-state index contributed by atoms with van der Waals surface area (Å²) in [5.41, 5.74) is 1.24. The van der Waals surface area contributed by atoms with Gasteiger partial charge in [0.05, 0.1) is 0 Å². The zero-order valence-electron chi connectivity index (χ0n) is 12.9. The first-order chi connectivity index (χ1) is 9.61. The molecule has 2 N–H and O–H groups in total. The molecule has 0 amide bonds. The highest BCUT2D eigenvalue weighted by Crippen LogP contribution is 2.28. The molecule has 0 radical (unpaired) electrons. The van der Waals surface area contributed by atoms with Gasteiger partial charge in [0.2, 0.25) is 0 Å². The van der Waals surface area contributed by atoms with Crippen molar-refractivity contribution in [3.8, 4) is 0 Å². The third kappa shape index (κ3) is 3.89. The van der Waals surface area contributed by atoms with Gasteiger partial charge in [-0.2, -0.15) is 0 Å². The Morgan fingerprint density at radius 2 is 2.05 bits per heavy atom. The molecular weight excluding hydrogens is 248 g/mol. The average Bonchev–Trinajstić information content (AvgIpc) is 3.18. The van der Waals surface area contributed by atoms with Crippen LogP contribution in [0.25, 0.3) is 0 Å². The molecule has 1 fully saturated rings. The predicted molar refractivity (Wildman–Crippen MR) is 86.4 cm³/mol. The van der Waals surface area contributed by atoms with Crippen molar-refractivity contribution < 1.29 is 0 Å². The quantitative estimate of drug-likeness (QED) is 0.638. The minimum atomic E-state index is 0.396. The molecule has 0 saturated heterocycles. The summed E-state index contributed by atoms with van der Waals surface area (Å²) in [6.45, 7) is 5.34. The summed E-state index contributed by atoms with van der Waals surface area (Å²) >= 11 is 0. The monoisotopic (exact) mass is 274 g/mol. The molecule has 1 aromatic rings. The van der Waals surface area contributed by atoms with Gasteiger partial charge in [-0.05, 0) is 31.4 Å². The zero-order chi connectivity index (χ0) is 14.5. The van der Waals surface area contributed by atoms with Crippen molar-refractivity contribution in [3.63, 3.8) is 0 Å². The minimum Gasteiger partial charge on any atom is -0.370 e. The highest BCUT2D eigenvalue weighted by Gasteiger charge is 2.33. The molecule has 0 aliphatic heterocycles. The van der Waals surface area contributed by atoms with Gasteiger partial charge in [-0.1, -0.05) is 25.1 Å². The third-order valence-corrected chi connectivity index (χ3v) is 4.04. The van der Waals surface area contributed by atoms with Crippen LogP contribution in [0.4, 0.5) is 5.69 Å². The summed E-state index contributed by atoms with van der Waals surface area (Å²) in [6, 6.07) is 11.5. The number of aliphatic imine (C=N–C) groups is 1. The van der Waals surface area contributed by atoms with Crippen LogP contribution in [0.15, 0.2) is 35.3 Å². The van der Waals surface area contributed by atoms with Crippen LogP contribution in [0.5, 0.6) is 0 Å². The molecular formula is C16H26N4. The fraction of sp³-hybridized carbons (Fsp3) is 0.562. The lowest BCUT2D eigenvalue weighted by Crippen LogP contribution is -2.45. The molecule has 1 saturated carbocycles. The Labute approximate surface area is 122 Å². The maximum absolute atomic E-state index is 4.28. The van der Waals surface area contributed by atoms with Crippen molar-refractivity contribution in [3.05, 3.63) is 30.3 Å². The second-order valence-electron chi connectivity index (χ2n) is 5.71. The molecule has 1 aliphatic carbocycles. The number of para-hydroxylation sites is 1.